The third-order valence-electron chi connectivity index (χ3n) is 3.92. The molecule has 2 aromatic rings. The first-order chi connectivity index (χ1) is 10.2. The van der Waals surface area contributed by atoms with E-state index in [-0.39, 0.29) is 0 Å². The highest BCUT2D eigenvalue weighted by atomic mass is 127. The SMILES string of the molecule is CCCn1cc(-c2nc(Cl)c(I)c(C3CCCC3)n2)cn1. The van der Waals surface area contributed by atoms with Crippen molar-refractivity contribution in [2.45, 2.75) is 51.5 Å². The van der Waals surface area contributed by atoms with E-state index in [1.807, 2.05) is 17.1 Å². The highest BCUT2D eigenvalue weighted by Crippen LogP contribution is 2.37. The van der Waals surface area contributed by atoms with Crippen molar-refractivity contribution in [2.24, 2.45) is 0 Å². The van der Waals surface area contributed by atoms with Crippen LogP contribution in [0.5, 0.6) is 0 Å². The molecule has 0 amide bonds. The molecule has 21 heavy (non-hydrogen) atoms. The van der Waals surface area contributed by atoms with Crippen LogP contribution in [-0.4, -0.2) is 19.7 Å². The Balaban J connectivity index is 1.98. The number of hydrogen-bond donors (Lipinski definition) is 0. The van der Waals surface area contributed by atoms with Crippen molar-refractivity contribution in [1.29, 1.82) is 0 Å². The minimum atomic E-state index is 0.529. The molecule has 0 aromatic carbocycles. The Kier molecular flexibility index (Phi) is 4.78. The van der Waals surface area contributed by atoms with Crippen LogP contribution in [0.4, 0.5) is 0 Å². The fourth-order valence-corrected chi connectivity index (χ4v) is 3.72. The summed E-state index contributed by atoms with van der Waals surface area (Å²) in [6.07, 6.45) is 9.86. The topological polar surface area (TPSA) is 43.6 Å². The molecule has 112 valence electrons. The normalized spacial score (nSPS) is 15.8. The van der Waals surface area contributed by atoms with Gasteiger partial charge in [-0.25, -0.2) is 9.97 Å². The summed E-state index contributed by atoms with van der Waals surface area (Å²) in [4.78, 5) is 9.24. The summed E-state index contributed by atoms with van der Waals surface area (Å²) in [7, 11) is 0. The fourth-order valence-electron chi connectivity index (χ4n) is 2.87. The molecule has 6 heteroatoms. The first-order valence-corrected chi connectivity index (χ1v) is 8.90. The summed E-state index contributed by atoms with van der Waals surface area (Å²) in [5, 5.41) is 4.91. The van der Waals surface area contributed by atoms with Gasteiger partial charge in [-0.2, -0.15) is 5.10 Å². The summed E-state index contributed by atoms with van der Waals surface area (Å²) < 4.78 is 2.94. The molecule has 0 saturated heterocycles. The Morgan fingerprint density at radius 2 is 2.10 bits per heavy atom. The van der Waals surface area contributed by atoms with E-state index < -0.39 is 0 Å². The van der Waals surface area contributed by atoms with Gasteiger partial charge in [-0.1, -0.05) is 31.4 Å². The quantitative estimate of drug-likeness (QED) is 0.537. The van der Waals surface area contributed by atoms with Gasteiger partial charge < -0.3 is 0 Å². The molecule has 0 radical (unpaired) electrons. The fraction of sp³-hybridized carbons (Fsp3) is 0.533. The molecule has 3 rings (SSSR count). The average molecular weight is 417 g/mol. The van der Waals surface area contributed by atoms with Crippen LogP contribution < -0.4 is 0 Å². The third-order valence-corrected chi connectivity index (χ3v) is 5.58. The molecule has 1 fully saturated rings. The van der Waals surface area contributed by atoms with Crippen LogP contribution in [0.2, 0.25) is 5.15 Å². The largest absolute Gasteiger partial charge is 0.272 e. The third kappa shape index (κ3) is 3.23. The molecule has 0 N–H and O–H groups in total. The van der Waals surface area contributed by atoms with Crippen LogP contribution >= 0.6 is 34.2 Å². The van der Waals surface area contributed by atoms with Crippen LogP contribution in [-0.2, 0) is 6.54 Å². The van der Waals surface area contributed by atoms with E-state index in [4.69, 9.17) is 16.6 Å². The van der Waals surface area contributed by atoms with Crippen molar-refractivity contribution in [2.75, 3.05) is 0 Å². The molecule has 1 saturated carbocycles. The Morgan fingerprint density at radius 3 is 2.81 bits per heavy atom. The van der Waals surface area contributed by atoms with Gasteiger partial charge in [-0.3, -0.25) is 4.68 Å². The summed E-state index contributed by atoms with van der Waals surface area (Å²) in [5.74, 6) is 1.23. The zero-order valence-corrected chi connectivity index (χ0v) is 14.9. The van der Waals surface area contributed by atoms with E-state index in [1.165, 1.54) is 25.7 Å². The maximum Gasteiger partial charge on any atom is 0.164 e. The van der Waals surface area contributed by atoms with E-state index in [9.17, 15) is 0 Å². The lowest BCUT2D eigenvalue weighted by molar-refractivity contribution is 0.603. The molecule has 4 nitrogen and oxygen atoms in total. The zero-order chi connectivity index (χ0) is 14.8. The molecule has 2 heterocycles. The van der Waals surface area contributed by atoms with Crippen molar-refractivity contribution in [3.8, 4) is 11.4 Å². The maximum atomic E-state index is 6.33. The van der Waals surface area contributed by atoms with Crippen molar-refractivity contribution in [3.63, 3.8) is 0 Å². The molecule has 0 unspecified atom stereocenters. The Bertz CT molecular complexity index is 635. The van der Waals surface area contributed by atoms with Crippen molar-refractivity contribution >= 4 is 34.2 Å². The number of aromatic nitrogens is 4. The lowest BCUT2D eigenvalue weighted by Gasteiger charge is -2.12. The summed E-state index contributed by atoms with van der Waals surface area (Å²) in [5.41, 5.74) is 2.06. The van der Waals surface area contributed by atoms with Gasteiger partial charge in [0.2, 0.25) is 0 Å². The van der Waals surface area contributed by atoms with Crippen LogP contribution in [0.15, 0.2) is 12.4 Å². The van der Waals surface area contributed by atoms with Crippen molar-refractivity contribution in [3.05, 3.63) is 26.8 Å². The molecule has 0 bridgehead atoms. The van der Waals surface area contributed by atoms with Crippen LogP contribution in [0, 0.1) is 3.57 Å². The zero-order valence-electron chi connectivity index (χ0n) is 12.0. The maximum absolute atomic E-state index is 6.33. The molecule has 0 atom stereocenters. The standard InChI is InChI=1S/C15H18ClIN4/c1-2-7-21-9-11(8-18-21)15-19-13(10-5-3-4-6-10)12(17)14(16)20-15/h8-10H,2-7H2,1H3. The second kappa shape index (κ2) is 6.60. The summed E-state index contributed by atoms with van der Waals surface area (Å²) in [6.45, 7) is 3.05. The first kappa shape index (κ1) is 15.2. The first-order valence-electron chi connectivity index (χ1n) is 7.44. The minimum Gasteiger partial charge on any atom is -0.272 e. The number of aryl methyl sites for hydroxylation is 1. The predicted octanol–water partition coefficient (Wildman–Crippen LogP) is 4.67. The number of rotatable bonds is 4. The van der Waals surface area contributed by atoms with Gasteiger partial charge >= 0.3 is 0 Å². The lowest BCUT2D eigenvalue weighted by Crippen LogP contribution is -2.04. The highest BCUT2D eigenvalue weighted by Gasteiger charge is 2.24. The minimum absolute atomic E-state index is 0.529. The van der Waals surface area contributed by atoms with Gasteiger partial charge in [-0.15, -0.1) is 0 Å². The molecule has 1 aliphatic rings. The summed E-state index contributed by atoms with van der Waals surface area (Å²) in [6, 6.07) is 0. The Morgan fingerprint density at radius 1 is 1.33 bits per heavy atom. The van der Waals surface area contributed by atoms with Crippen LogP contribution in [0.3, 0.4) is 0 Å². The Labute approximate surface area is 143 Å². The lowest BCUT2D eigenvalue weighted by atomic mass is 10.0. The second-order valence-electron chi connectivity index (χ2n) is 5.51. The second-order valence-corrected chi connectivity index (χ2v) is 6.95. The van der Waals surface area contributed by atoms with Gasteiger partial charge in [0.15, 0.2) is 5.82 Å². The molecule has 0 spiro atoms. The van der Waals surface area contributed by atoms with Crippen LogP contribution in [0.25, 0.3) is 11.4 Å². The van der Waals surface area contributed by atoms with Crippen LogP contribution in [0.1, 0.15) is 50.6 Å². The molecule has 0 aliphatic heterocycles. The van der Waals surface area contributed by atoms with Gasteiger partial charge in [0.1, 0.15) is 5.15 Å². The smallest absolute Gasteiger partial charge is 0.164 e. The van der Waals surface area contributed by atoms with Crippen molar-refractivity contribution < 1.29 is 0 Å². The van der Waals surface area contributed by atoms with Gasteiger partial charge in [0.25, 0.3) is 0 Å². The molecule has 2 aromatic heterocycles. The van der Waals surface area contributed by atoms with E-state index >= 15 is 0 Å². The van der Waals surface area contributed by atoms with Gasteiger partial charge in [0.05, 0.1) is 21.0 Å². The number of nitrogens with zero attached hydrogens (tertiary/aromatic N) is 4. The Hall–Kier alpha value is -0.690. The average Bonchev–Trinajstić information content (AvgIpc) is 3.13. The van der Waals surface area contributed by atoms with E-state index in [0.29, 0.717) is 16.9 Å². The van der Waals surface area contributed by atoms with Crippen molar-refractivity contribution in [1.82, 2.24) is 19.7 Å². The monoisotopic (exact) mass is 416 g/mol. The number of hydrogen-bond acceptors (Lipinski definition) is 3. The van der Waals surface area contributed by atoms with E-state index in [2.05, 4.69) is 39.6 Å². The van der Waals surface area contributed by atoms with E-state index in [0.717, 1.165) is 27.8 Å². The summed E-state index contributed by atoms with van der Waals surface area (Å²) >= 11 is 8.60. The highest BCUT2D eigenvalue weighted by molar-refractivity contribution is 14.1. The van der Waals surface area contributed by atoms with Gasteiger partial charge in [-0.05, 0) is 41.9 Å². The molecular formula is C15H18ClIN4. The van der Waals surface area contributed by atoms with E-state index in [1.54, 1.807) is 0 Å². The number of halogens is 2. The van der Waals surface area contributed by atoms with Gasteiger partial charge in [0, 0.05) is 18.7 Å². The molecule has 1 aliphatic carbocycles. The predicted molar refractivity (Wildman–Crippen MR) is 92.5 cm³/mol. The molecular weight excluding hydrogens is 399 g/mol.